The molecule has 2 aliphatic carbocycles. The first kappa shape index (κ1) is 12.1. The van der Waals surface area contributed by atoms with Gasteiger partial charge in [-0.15, -0.1) is 0 Å². The molecule has 2 aliphatic rings. The number of carboxylic acids is 1. The van der Waals surface area contributed by atoms with Crippen LogP contribution in [0.1, 0.15) is 32.6 Å². The van der Waals surface area contributed by atoms with Gasteiger partial charge < -0.3 is 9.84 Å². The molecule has 0 aromatic rings. The molecule has 0 spiro atoms. The van der Waals surface area contributed by atoms with Crippen molar-refractivity contribution in [3.8, 4) is 0 Å². The first-order valence-corrected chi connectivity index (χ1v) is 5.91. The van der Waals surface area contributed by atoms with E-state index in [4.69, 9.17) is 9.84 Å². The molecule has 17 heavy (non-hydrogen) atoms. The lowest BCUT2D eigenvalue weighted by Gasteiger charge is -2.17. The highest BCUT2D eigenvalue weighted by molar-refractivity contribution is 5.91. The van der Waals surface area contributed by atoms with E-state index in [2.05, 4.69) is 0 Å². The summed E-state index contributed by atoms with van der Waals surface area (Å²) in [7, 11) is 0. The van der Waals surface area contributed by atoms with Gasteiger partial charge in [0.1, 0.15) is 5.78 Å². The Bertz CT molecular complexity index is 375. The van der Waals surface area contributed by atoms with Gasteiger partial charge in [0.05, 0.1) is 19.4 Å². The van der Waals surface area contributed by atoms with Crippen molar-refractivity contribution in [2.75, 3.05) is 6.61 Å². The van der Waals surface area contributed by atoms with E-state index in [9.17, 15) is 14.4 Å². The van der Waals surface area contributed by atoms with Crippen molar-refractivity contribution >= 4 is 17.7 Å². The number of ketones is 1. The van der Waals surface area contributed by atoms with E-state index in [1.54, 1.807) is 6.92 Å². The number of carbonyl (C=O) groups excluding carboxylic acids is 2. The molecule has 0 bridgehead atoms. The van der Waals surface area contributed by atoms with Gasteiger partial charge in [-0.25, -0.2) is 0 Å². The number of carbonyl (C=O) groups is 3. The van der Waals surface area contributed by atoms with Gasteiger partial charge in [0.2, 0.25) is 0 Å². The van der Waals surface area contributed by atoms with Crippen molar-refractivity contribution in [2.24, 2.45) is 17.3 Å². The summed E-state index contributed by atoms with van der Waals surface area (Å²) >= 11 is 0. The maximum atomic E-state index is 11.6. The van der Waals surface area contributed by atoms with Gasteiger partial charge in [0.15, 0.2) is 0 Å². The number of Topliss-reactive ketones (excluding diaryl/α,β-unsaturated/α-hetero) is 1. The van der Waals surface area contributed by atoms with E-state index in [0.717, 1.165) is 6.42 Å². The molecule has 5 nitrogen and oxygen atoms in total. The second-order valence-corrected chi connectivity index (χ2v) is 4.87. The number of rotatable bonds is 5. The topological polar surface area (TPSA) is 80.7 Å². The van der Waals surface area contributed by atoms with Crippen LogP contribution in [0.25, 0.3) is 0 Å². The third-order valence-electron chi connectivity index (χ3n) is 3.96. The predicted molar refractivity (Wildman–Crippen MR) is 57.2 cm³/mol. The molecule has 0 heterocycles. The summed E-state index contributed by atoms with van der Waals surface area (Å²) in [6.07, 6.45) is 1.21. The van der Waals surface area contributed by atoms with Crippen molar-refractivity contribution in [3.63, 3.8) is 0 Å². The van der Waals surface area contributed by atoms with Gasteiger partial charge in [0.25, 0.3) is 0 Å². The van der Waals surface area contributed by atoms with Crippen molar-refractivity contribution in [1.82, 2.24) is 0 Å². The molecule has 1 N–H and O–H groups in total. The lowest BCUT2D eigenvalue weighted by Crippen LogP contribution is -2.22. The highest BCUT2D eigenvalue weighted by Gasteiger charge is 2.70. The first-order valence-electron chi connectivity index (χ1n) is 5.91. The zero-order chi connectivity index (χ0) is 12.6. The van der Waals surface area contributed by atoms with Crippen LogP contribution in [0.15, 0.2) is 0 Å². The molecule has 0 amide bonds. The Morgan fingerprint density at radius 1 is 1.47 bits per heavy atom. The highest BCUT2D eigenvalue weighted by atomic mass is 16.5. The first-order chi connectivity index (χ1) is 8.01. The van der Waals surface area contributed by atoms with Gasteiger partial charge in [-0.2, -0.15) is 0 Å². The minimum Gasteiger partial charge on any atom is -0.481 e. The van der Waals surface area contributed by atoms with Crippen LogP contribution in [0, 0.1) is 17.3 Å². The average Bonchev–Trinajstić information content (AvgIpc) is 2.60. The highest BCUT2D eigenvalue weighted by Crippen LogP contribution is 2.69. The minimum absolute atomic E-state index is 0.0637. The number of hydrogen-bond acceptors (Lipinski definition) is 4. The molecule has 2 fully saturated rings. The molecular weight excluding hydrogens is 224 g/mol. The summed E-state index contributed by atoms with van der Waals surface area (Å²) in [5, 5.41) is 8.91. The van der Waals surface area contributed by atoms with E-state index in [1.165, 1.54) is 0 Å². The Balaban J connectivity index is 2.09. The fourth-order valence-electron chi connectivity index (χ4n) is 3.34. The Labute approximate surface area is 99.1 Å². The molecule has 94 valence electrons. The lowest BCUT2D eigenvalue weighted by atomic mass is 9.88. The van der Waals surface area contributed by atoms with E-state index in [-0.39, 0.29) is 37.1 Å². The maximum Gasteiger partial charge on any atom is 0.306 e. The van der Waals surface area contributed by atoms with Crippen LogP contribution in [-0.2, 0) is 19.1 Å². The zero-order valence-corrected chi connectivity index (χ0v) is 9.77. The molecule has 5 heteroatoms. The molecule has 0 radical (unpaired) electrons. The quantitative estimate of drug-likeness (QED) is 0.725. The molecule has 0 aromatic heterocycles. The van der Waals surface area contributed by atoms with Gasteiger partial charge in [-0.1, -0.05) is 0 Å². The number of ether oxygens (including phenoxy) is 1. The number of carboxylic acid groups (broad SMARTS) is 1. The SMILES string of the molecule is CCOC(=O)CC1(CC(=O)O)[C@H]2CCC(=O)[C@@H]21. The lowest BCUT2D eigenvalue weighted by molar-refractivity contribution is -0.146. The largest absolute Gasteiger partial charge is 0.481 e. The number of esters is 1. The standard InChI is InChI=1S/C12H16O5/c1-2-17-10(16)6-12(5-9(14)15)7-3-4-8(13)11(7)12/h7,11H,2-6H2,1H3,(H,14,15)/t7-,11+,12?/m0/s1. The van der Waals surface area contributed by atoms with Crippen LogP contribution in [0.4, 0.5) is 0 Å². The van der Waals surface area contributed by atoms with Crippen LogP contribution < -0.4 is 0 Å². The van der Waals surface area contributed by atoms with Crippen LogP contribution >= 0.6 is 0 Å². The molecule has 1 unspecified atom stereocenters. The van der Waals surface area contributed by atoms with Crippen molar-refractivity contribution < 1.29 is 24.2 Å². The van der Waals surface area contributed by atoms with Crippen molar-refractivity contribution in [1.29, 1.82) is 0 Å². The van der Waals surface area contributed by atoms with Crippen molar-refractivity contribution in [2.45, 2.75) is 32.6 Å². The number of fused-ring (bicyclic) bond motifs is 1. The van der Waals surface area contributed by atoms with Crippen molar-refractivity contribution in [3.05, 3.63) is 0 Å². The summed E-state index contributed by atoms with van der Waals surface area (Å²) in [5.74, 6) is -1.37. The van der Waals surface area contributed by atoms with Gasteiger partial charge >= 0.3 is 11.9 Å². The molecule has 0 aliphatic heterocycles. The van der Waals surface area contributed by atoms with Crippen LogP contribution in [-0.4, -0.2) is 29.4 Å². The summed E-state index contributed by atoms with van der Waals surface area (Å²) in [6.45, 7) is 1.99. The molecular formula is C12H16O5. The van der Waals surface area contributed by atoms with E-state index >= 15 is 0 Å². The average molecular weight is 240 g/mol. The minimum atomic E-state index is -0.948. The zero-order valence-electron chi connectivity index (χ0n) is 9.77. The Morgan fingerprint density at radius 3 is 2.65 bits per heavy atom. The second-order valence-electron chi connectivity index (χ2n) is 4.87. The molecule has 0 aromatic carbocycles. The van der Waals surface area contributed by atoms with Crippen LogP contribution in [0.5, 0.6) is 0 Å². The van der Waals surface area contributed by atoms with Gasteiger partial charge in [-0.05, 0) is 19.3 Å². The summed E-state index contributed by atoms with van der Waals surface area (Å²) in [4.78, 5) is 34.0. The smallest absolute Gasteiger partial charge is 0.306 e. The third-order valence-corrected chi connectivity index (χ3v) is 3.96. The summed E-state index contributed by atoms with van der Waals surface area (Å²) in [6, 6.07) is 0. The fourth-order valence-corrected chi connectivity index (χ4v) is 3.34. The molecule has 3 atom stereocenters. The predicted octanol–water partition coefficient (Wildman–Crippen LogP) is 1.01. The van der Waals surface area contributed by atoms with E-state index < -0.39 is 17.4 Å². The van der Waals surface area contributed by atoms with E-state index in [0.29, 0.717) is 6.42 Å². The second kappa shape index (κ2) is 4.13. The number of hydrogen-bond donors (Lipinski definition) is 1. The Morgan fingerprint density at radius 2 is 2.18 bits per heavy atom. The monoisotopic (exact) mass is 240 g/mol. The normalized spacial score (nSPS) is 34.3. The van der Waals surface area contributed by atoms with Crippen LogP contribution in [0.2, 0.25) is 0 Å². The Kier molecular flexibility index (Phi) is 2.93. The third kappa shape index (κ3) is 1.94. The summed E-state index contributed by atoms with van der Waals surface area (Å²) < 4.78 is 4.86. The van der Waals surface area contributed by atoms with E-state index in [1.807, 2.05) is 0 Å². The molecule has 2 rings (SSSR count). The molecule has 0 saturated heterocycles. The van der Waals surface area contributed by atoms with Crippen LogP contribution in [0.3, 0.4) is 0 Å². The number of aliphatic carboxylic acids is 1. The maximum absolute atomic E-state index is 11.6. The Hall–Kier alpha value is -1.39. The fraction of sp³-hybridized carbons (Fsp3) is 0.750. The van der Waals surface area contributed by atoms with Gasteiger partial charge in [-0.3, -0.25) is 14.4 Å². The molecule has 2 saturated carbocycles. The summed E-state index contributed by atoms with van der Waals surface area (Å²) in [5.41, 5.74) is -0.645. The van der Waals surface area contributed by atoms with Gasteiger partial charge in [0, 0.05) is 17.8 Å².